The number of hydrogen-bond donors (Lipinski definition) is 1. The molecule has 0 spiro atoms. The van der Waals surface area contributed by atoms with Gasteiger partial charge in [-0.15, -0.1) is 0 Å². The van der Waals surface area contributed by atoms with Crippen LogP contribution in [0.2, 0.25) is 0 Å². The molecular formula is C24H23N6O3. The number of nitrogens with zero attached hydrogens (tertiary/aromatic N) is 5. The average molecular weight is 443 g/mol. The second-order valence-corrected chi connectivity index (χ2v) is 7.20. The Bertz CT molecular complexity index is 1260. The standard InChI is InChI=1S/C24H23N6O3/c1-15-13-18(32-22-9-11-25-27-16(22)2)5-7-20(15)29-30-21-8-6-19(14-24(21)31-4)33-23-10-12-26-28-17(23)3/h5-14,29H,1-4H3. The molecule has 2 aromatic heterocycles. The number of aryl methyl sites for hydroxylation is 3. The lowest BCUT2D eigenvalue weighted by molar-refractivity contribution is 0.408. The van der Waals surface area contributed by atoms with E-state index in [1.54, 1.807) is 37.7 Å². The molecule has 0 atom stereocenters. The zero-order valence-electron chi connectivity index (χ0n) is 18.7. The normalized spacial score (nSPS) is 10.4. The summed E-state index contributed by atoms with van der Waals surface area (Å²) >= 11 is 0. The monoisotopic (exact) mass is 443 g/mol. The summed E-state index contributed by atoms with van der Waals surface area (Å²) < 4.78 is 17.3. The molecule has 0 saturated carbocycles. The highest BCUT2D eigenvalue weighted by Crippen LogP contribution is 2.33. The predicted octanol–water partition coefficient (Wildman–Crippen LogP) is 5.05. The zero-order valence-corrected chi connectivity index (χ0v) is 18.7. The summed E-state index contributed by atoms with van der Waals surface area (Å²) in [6.07, 6.45) is 3.18. The van der Waals surface area contributed by atoms with Gasteiger partial charge >= 0.3 is 0 Å². The minimum absolute atomic E-state index is 0.568. The van der Waals surface area contributed by atoms with Crippen molar-refractivity contribution in [1.82, 2.24) is 25.8 Å². The van der Waals surface area contributed by atoms with Crippen molar-refractivity contribution in [2.45, 2.75) is 20.8 Å². The van der Waals surface area contributed by atoms with Crippen molar-refractivity contribution in [3.05, 3.63) is 77.9 Å². The molecule has 9 heteroatoms. The molecule has 0 unspecified atom stereocenters. The maximum absolute atomic E-state index is 5.91. The van der Waals surface area contributed by atoms with Crippen LogP contribution in [0.4, 0.5) is 11.4 Å². The van der Waals surface area contributed by atoms with Gasteiger partial charge in [0.1, 0.15) is 34.3 Å². The lowest BCUT2D eigenvalue weighted by Crippen LogP contribution is -2.09. The molecule has 0 bridgehead atoms. The van der Waals surface area contributed by atoms with Crippen molar-refractivity contribution >= 4 is 11.4 Å². The maximum atomic E-state index is 5.91. The Balaban J connectivity index is 1.44. The molecule has 167 valence electrons. The lowest BCUT2D eigenvalue weighted by Gasteiger charge is -2.14. The lowest BCUT2D eigenvalue weighted by atomic mass is 10.2. The maximum Gasteiger partial charge on any atom is 0.152 e. The van der Waals surface area contributed by atoms with Gasteiger partial charge in [0.05, 0.1) is 25.2 Å². The Labute approximate surface area is 191 Å². The first-order valence-corrected chi connectivity index (χ1v) is 10.2. The first-order chi connectivity index (χ1) is 16.0. The highest BCUT2D eigenvalue weighted by atomic mass is 16.5. The molecule has 33 heavy (non-hydrogen) atoms. The molecule has 4 rings (SSSR count). The van der Waals surface area contributed by atoms with E-state index < -0.39 is 0 Å². The van der Waals surface area contributed by atoms with Gasteiger partial charge in [0.15, 0.2) is 11.5 Å². The largest absolute Gasteiger partial charge is 0.494 e. The molecule has 1 radical (unpaired) electrons. The van der Waals surface area contributed by atoms with E-state index in [0.717, 1.165) is 16.9 Å². The number of aromatic nitrogens is 4. The van der Waals surface area contributed by atoms with E-state index in [4.69, 9.17) is 14.2 Å². The van der Waals surface area contributed by atoms with Gasteiger partial charge in [-0.05, 0) is 56.7 Å². The Morgan fingerprint density at radius 1 is 0.727 bits per heavy atom. The molecule has 4 aromatic rings. The molecule has 0 aliphatic rings. The van der Waals surface area contributed by atoms with Crippen LogP contribution < -0.4 is 25.1 Å². The van der Waals surface area contributed by atoms with Crippen LogP contribution >= 0.6 is 0 Å². The minimum Gasteiger partial charge on any atom is -0.494 e. The van der Waals surface area contributed by atoms with Crippen molar-refractivity contribution < 1.29 is 14.2 Å². The molecule has 0 amide bonds. The number of hydrogen-bond acceptors (Lipinski definition) is 8. The van der Waals surface area contributed by atoms with E-state index in [1.165, 1.54) is 0 Å². The fraction of sp³-hybridized carbons (Fsp3) is 0.167. The Morgan fingerprint density at radius 2 is 1.33 bits per heavy atom. The van der Waals surface area contributed by atoms with Crippen LogP contribution in [0.3, 0.4) is 0 Å². The van der Waals surface area contributed by atoms with Gasteiger partial charge < -0.3 is 14.2 Å². The zero-order chi connectivity index (χ0) is 23.2. The SMILES string of the molecule is COc1cc(Oc2ccnnc2C)ccc1[N]Nc1ccc(Oc2ccnnc2C)cc1C. The first-order valence-electron chi connectivity index (χ1n) is 10.2. The Morgan fingerprint density at radius 3 is 1.91 bits per heavy atom. The van der Waals surface area contributed by atoms with Gasteiger partial charge in [-0.25, -0.2) is 0 Å². The smallest absolute Gasteiger partial charge is 0.152 e. The van der Waals surface area contributed by atoms with E-state index in [-0.39, 0.29) is 0 Å². The molecular weight excluding hydrogens is 420 g/mol. The summed E-state index contributed by atoms with van der Waals surface area (Å²) in [5.74, 6) is 3.18. The van der Waals surface area contributed by atoms with Gasteiger partial charge in [0.25, 0.3) is 0 Å². The number of anilines is 1. The third-order valence-corrected chi connectivity index (χ3v) is 4.82. The number of rotatable bonds is 8. The van der Waals surface area contributed by atoms with Gasteiger partial charge in [-0.3, -0.25) is 5.43 Å². The van der Waals surface area contributed by atoms with Crippen LogP contribution in [0.1, 0.15) is 17.0 Å². The van der Waals surface area contributed by atoms with Gasteiger partial charge in [-0.1, -0.05) is 0 Å². The molecule has 1 N–H and O–H groups in total. The highest BCUT2D eigenvalue weighted by Gasteiger charge is 2.10. The summed E-state index contributed by atoms with van der Waals surface area (Å²) in [5.41, 5.74) is 11.4. The fourth-order valence-electron chi connectivity index (χ4n) is 3.01. The molecule has 2 aromatic carbocycles. The highest BCUT2D eigenvalue weighted by molar-refractivity contribution is 5.59. The van der Waals surface area contributed by atoms with Gasteiger partial charge in [-0.2, -0.15) is 25.8 Å². The van der Waals surface area contributed by atoms with Crippen LogP contribution in [0, 0.1) is 20.8 Å². The van der Waals surface area contributed by atoms with Crippen LogP contribution in [0.15, 0.2) is 60.9 Å². The van der Waals surface area contributed by atoms with Crippen LogP contribution in [0.25, 0.3) is 0 Å². The third-order valence-electron chi connectivity index (χ3n) is 4.82. The Hall–Kier alpha value is -4.40. The minimum atomic E-state index is 0.568. The van der Waals surface area contributed by atoms with Gasteiger partial charge in [0, 0.05) is 18.2 Å². The van der Waals surface area contributed by atoms with E-state index >= 15 is 0 Å². The van der Waals surface area contributed by atoms with Crippen molar-refractivity contribution in [1.29, 1.82) is 0 Å². The van der Waals surface area contributed by atoms with Crippen LogP contribution in [-0.4, -0.2) is 27.5 Å². The quantitative estimate of drug-likeness (QED) is 0.377. The fourth-order valence-corrected chi connectivity index (χ4v) is 3.01. The van der Waals surface area contributed by atoms with Crippen molar-refractivity contribution in [3.8, 4) is 28.7 Å². The van der Waals surface area contributed by atoms with Gasteiger partial charge in [0.2, 0.25) is 0 Å². The molecule has 2 heterocycles. The van der Waals surface area contributed by atoms with E-state index in [1.807, 2.05) is 51.1 Å². The summed E-state index contributed by atoms with van der Waals surface area (Å²) in [6.45, 7) is 5.66. The van der Waals surface area contributed by atoms with E-state index in [2.05, 4.69) is 31.2 Å². The number of ether oxygens (including phenoxy) is 3. The van der Waals surface area contributed by atoms with Crippen molar-refractivity contribution in [2.24, 2.45) is 0 Å². The van der Waals surface area contributed by atoms with Crippen LogP contribution in [0.5, 0.6) is 28.7 Å². The number of benzene rings is 2. The van der Waals surface area contributed by atoms with Crippen molar-refractivity contribution in [2.75, 3.05) is 12.5 Å². The molecule has 9 nitrogen and oxygen atoms in total. The van der Waals surface area contributed by atoms with Crippen molar-refractivity contribution in [3.63, 3.8) is 0 Å². The molecule has 0 aliphatic heterocycles. The van der Waals surface area contributed by atoms with Crippen LogP contribution in [-0.2, 0) is 0 Å². The summed E-state index contributed by atoms with van der Waals surface area (Å²) in [6, 6.07) is 14.6. The predicted molar refractivity (Wildman–Crippen MR) is 123 cm³/mol. The topological polar surface area (TPSA) is 105 Å². The second kappa shape index (κ2) is 9.82. The van der Waals surface area contributed by atoms with E-state index in [9.17, 15) is 0 Å². The second-order valence-electron chi connectivity index (χ2n) is 7.20. The molecule has 0 fully saturated rings. The van der Waals surface area contributed by atoms with E-state index in [0.29, 0.717) is 40.1 Å². The third kappa shape index (κ3) is 5.27. The molecule has 0 aliphatic carbocycles. The number of methoxy groups -OCH3 is 1. The number of nitrogens with one attached hydrogen (secondary N) is 1. The summed E-state index contributed by atoms with van der Waals surface area (Å²) in [7, 11) is 1.59. The first kappa shape index (κ1) is 21.8. The molecule has 0 saturated heterocycles. The Kier molecular flexibility index (Phi) is 6.49. The summed E-state index contributed by atoms with van der Waals surface area (Å²) in [5, 5.41) is 15.7. The average Bonchev–Trinajstić information content (AvgIpc) is 2.82. The summed E-state index contributed by atoms with van der Waals surface area (Å²) in [4.78, 5) is 0.